The zero-order chi connectivity index (χ0) is 28.9. The second-order valence-corrected chi connectivity index (χ2v) is 9.24. The first-order chi connectivity index (χ1) is 20.0. The Labute approximate surface area is 240 Å². The minimum atomic E-state index is -0.731. The molecule has 0 aliphatic heterocycles. The van der Waals surface area contributed by atoms with Crippen molar-refractivity contribution in [2.45, 2.75) is 13.0 Å². The SMILES string of the molecule is C=C(C)C(=O)OCCNC(=O)OC(COc1ccc(-c2ccccc2)cc1)COc1ccccc1-c1ccccc1. The van der Waals surface area contributed by atoms with Crippen LogP contribution in [0.3, 0.4) is 0 Å². The second-order valence-electron chi connectivity index (χ2n) is 9.24. The average molecular weight is 552 g/mol. The van der Waals surface area contributed by atoms with Gasteiger partial charge in [-0.3, -0.25) is 0 Å². The molecule has 1 N–H and O–H groups in total. The van der Waals surface area contributed by atoms with E-state index in [2.05, 4.69) is 11.9 Å². The molecule has 1 unspecified atom stereocenters. The highest BCUT2D eigenvalue weighted by atomic mass is 16.6. The fourth-order valence-electron chi connectivity index (χ4n) is 3.92. The fourth-order valence-corrected chi connectivity index (χ4v) is 3.92. The van der Waals surface area contributed by atoms with Gasteiger partial charge in [-0.15, -0.1) is 0 Å². The number of rotatable bonds is 13. The molecule has 0 bridgehead atoms. The van der Waals surface area contributed by atoms with Crippen LogP contribution in [0.25, 0.3) is 22.3 Å². The number of nitrogens with one attached hydrogen (secondary N) is 1. The molecule has 7 heteroatoms. The zero-order valence-corrected chi connectivity index (χ0v) is 23.0. The van der Waals surface area contributed by atoms with Crippen molar-refractivity contribution in [3.05, 3.63) is 121 Å². The second kappa shape index (κ2) is 14.9. The molecule has 41 heavy (non-hydrogen) atoms. The fraction of sp³-hybridized carbons (Fsp3) is 0.176. The van der Waals surface area contributed by atoms with Gasteiger partial charge >= 0.3 is 12.1 Å². The van der Waals surface area contributed by atoms with E-state index in [0.717, 1.165) is 22.3 Å². The number of para-hydroxylation sites is 1. The van der Waals surface area contributed by atoms with Crippen LogP contribution in [0.1, 0.15) is 6.92 Å². The summed E-state index contributed by atoms with van der Waals surface area (Å²) >= 11 is 0. The van der Waals surface area contributed by atoms with Gasteiger partial charge in [-0.2, -0.15) is 0 Å². The monoisotopic (exact) mass is 551 g/mol. The van der Waals surface area contributed by atoms with Gasteiger partial charge in [-0.1, -0.05) is 97.6 Å². The largest absolute Gasteiger partial charge is 0.490 e. The summed E-state index contributed by atoms with van der Waals surface area (Å²) in [6.45, 7) is 5.30. The topological polar surface area (TPSA) is 83.1 Å². The summed E-state index contributed by atoms with van der Waals surface area (Å²) in [6.07, 6.45) is -1.41. The van der Waals surface area contributed by atoms with Gasteiger partial charge < -0.3 is 24.3 Å². The molecule has 0 aliphatic carbocycles. The Kier molecular flexibility index (Phi) is 10.5. The third kappa shape index (κ3) is 9.00. The van der Waals surface area contributed by atoms with Gasteiger partial charge in [0.1, 0.15) is 31.3 Å². The number of hydrogen-bond donors (Lipinski definition) is 1. The summed E-state index contributed by atoms with van der Waals surface area (Å²) in [5.41, 5.74) is 4.40. The maximum atomic E-state index is 12.5. The van der Waals surface area contributed by atoms with Gasteiger partial charge in [0, 0.05) is 11.1 Å². The van der Waals surface area contributed by atoms with E-state index in [1.807, 2.05) is 109 Å². The number of benzene rings is 4. The molecule has 0 fully saturated rings. The van der Waals surface area contributed by atoms with Crippen LogP contribution in [0.5, 0.6) is 11.5 Å². The normalized spacial score (nSPS) is 11.1. The quantitative estimate of drug-likeness (QED) is 0.113. The molecule has 0 saturated carbocycles. The molecule has 0 radical (unpaired) electrons. The van der Waals surface area contributed by atoms with Gasteiger partial charge in [0.2, 0.25) is 0 Å². The summed E-state index contributed by atoms with van der Waals surface area (Å²) in [7, 11) is 0. The Hall–Kier alpha value is -5.04. The number of ether oxygens (including phenoxy) is 4. The Morgan fingerprint density at radius 2 is 1.32 bits per heavy atom. The Bertz CT molecular complexity index is 1420. The van der Waals surface area contributed by atoms with Crippen LogP contribution < -0.4 is 14.8 Å². The predicted octanol–water partition coefficient (Wildman–Crippen LogP) is 6.69. The van der Waals surface area contributed by atoms with E-state index in [9.17, 15) is 9.59 Å². The maximum absolute atomic E-state index is 12.5. The molecule has 0 aromatic heterocycles. The highest BCUT2D eigenvalue weighted by Crippen LogP contribution is 2.30. The lowest BCUT2D eigenvalue weighted by atomic mass is 10.1. The number of amides is 1. The number of carbonyl (C=O) groups is 2. The highest BCUT2D eigenvalue weighted by molar-refractivity contribution is 5.86. The summed E-state index contributed by atoms with van der Waals surface area (Å²) in [5, 5.41) is 2.59. The van der Waals surface area contributed by atoms with E-state index in [1.165, 1.54) is 0 Å². The van der Waals surface area contributed by atoms with Crippen molar-refractivity contribution in [3.8, 4) is 33.8 Å². The maximum Gasteiger partial charge on any atom is 0.407 e. The Balaban J connectivity index is 1.39. The van der Waals surface area contributed by atoms with Gasteiger partial charge in [0.15, 0.2) is 6.10 Å². The molecule has 0 spiro atoms. The molecule has 1 amide bonds. The molecule has 0 heterocycles. The Morgan fingerprint density at radius 1 is 0.732 bits per heavy atom. The number of carbonyl (C=O) groups excluding carboxylic acids is 2. The molecule has 1 atom stereocenters. The van der Waals surface area contributed by atoms with Crippen LogP contribution in [0.4, 0.5) is 4.79 Å². The smallest absolute Gasteiger partial charge is 0.407 e. The zero-order valence-electron chi connectivity index (χ0n) is 23.0. The van der Waals surface area contributed by atoms with Crippen molar-refractivity contribution < 1.29 is 28.5 Å². The van der Waals surface area contributed by atoms with Crippen molar-refractivity contribution in [1.82, 2.24) is 5.32 Å². The molecule has 4 aromatic carbocycles. The van der Waals surface area contributed by atoms with Crippen LogP contribution in [-0.4, -0.2) is 44.5 Å². The number of hydrogen-bond acceptors (Lipinski definition) is 6. The molecule has 4 aromatic rings. The third-order valence-electron chi connectivity index (χ3n) is 6.02. The first kappa shape index (κ1) is 29.0. The van der Waals surface area contributed by atoms with Gasteiger partial charge in [-0.05, 0) is 41.8 Å². The van der Waals surface area contributed by atoms with Crippen molar-refractivity contribution in [1.29, 1.82) is 0 Å². The lowest BCUT2D eigenvalue weighted by Crippen LogP contribution is -2.37. The number of esters is 1. The first-order valence-electron chi connectivity index (χ1n) is 13.3. The summed E-state index contributed by atoms with van der Waals surface area (Å²) in [5.74, 6) is 0.775. The predicted molar refractivity (Wildman–Crippen MR) is 159 cm³/mol. The van der Waals surface area contributed by atoms with Gasteiger partial charge in [-0.25, -0.2) is 9.59 Å². The van der Waals surface area contributed by atoms with Gasteiger partial charge in [0.05, 0.1) is 6.54 Å². The van der Waals surface area contributed by atoms with Crippen molar-refractivity contribution in [2.24, 2.45) is 0 Å². The summed E-state index contributed by atoms with van der Waals surface area (Å²) < 4.78 is 22.8. The van der Waals surface area contributed by atoms with E-state index >= 15 is 0 Å². The molecule has 7 nitrogen and oxygen atoms in total. The van der Waals surface area contributed by atoms with E-state index in [-0.39, 0.29) is 31.9 Å². The third-order valence-corrected chi connectivity index (χ3v) is 6.02. The van der Waals surface area contributed by atoms with E-state index in [0.29, 0.717) is 11.5 Å². The van der Waals surface area contributed by atoms with E-state index in [1.54, 1.807) is 6.92 Å². The molecule has 210 valence electrons. The number of alkyl carbamates (subject to hydrolysis) is 1. The highest BCUT2D eigenvalue weighted by Gasteiger charge is 2.18. The molecule has 0 saturated heterocycles. The van der Waals surface area contributed by atoms with Crippen molar-refractivity contribution in [3.63, 3.8) is 0 Å². The first-order valence-corrected chi connectivity index (χ1v) is 13.3. The summed E-state index contributed by atoms with van der Waals surface area (Å²) in [4.78, 5) is 24.1. The van der Waals surface area contributed by atoms with Crippen LogP contribution in [0, 0.1) is 0 Å². The average Bonchev–Trinajstić information content (AvgIpc) is 3.01. The standard InChI is InChI=1S/C34H33NO6/c1-25(2)33(36)38-22-21-35-34(37)41-30(23-39-29-19-17-27(18-20-29)26-11-5-3-6-12-26)24-40-32-16-10-9-15-31(32)28-13-7-4-8-14-28/h3-20,30H,1,21-24H2,2H3,(H,35,37). The van der Waals surface area contributed by atoms with Crippen LogP contribution in [0.2, 0.25) is 0 Å². The van der Waals surface area contributed by atoms with E-state index < -0.39 is 18.2 Å². The lowest BCUT2D eigenvalue weighted by Gasteiger charge is -2.20. The van der Waals surface area contributed by atoms with E-state index in [4.69, 9.17) is 18.9 Å². The lowest BCUT2D eigenvalue weighted by molar-refractivity contribution is -0.138. The molecule has 4 rings (SSSR count). The molecular formula is C34H33NO6. The van der Waals surface area contributed by atoms with Crippen LogP contribution in [0.15, 0.2) is 121 Å². The summed E-state index contributed by atoms with van der Waals surface area (Å²) in [6, 6.07) is 35.3. The Morgan fingerprint density at radius 3 is 2.00 bits per heavy atom. The minimum Gasteiger partial charge on any atom is -0.490 e. The van der Waals surface area contributed by atoms with Gasteiger partial charge in [0.25, 0.3) is 0 Å². The minimum absolute atomic E-state index is 0.00330. The molecular weight excluding hydrogens is 518 g/mol. The van der Waals surface area contributed by atoms with Crippen LogP contribution in [-0.2, 0) is 14.3 Å². The van der Waals surface area contributed by atoms with Crippen molar-refractivity contribution >= 4 is 12.1 Å². The van der Waals surface area contributed by atoms with Crippen molar-refractivity contribution in [2.75, 3.05) is 26.4 Å². The molecule has 0 aliphatic rings. The van der Waals surface area contributed by atoms with Crippen LogP contribution >= 0.6 is 0 Å².